The molecule has 1 aliphatic rings. The molecule has 0 aliphatic carbocycles. The molecule has 2 N–H and O–H groups in total. The molecule has 2 atom stereocenters. The fourth-order valence-electron chi connectivity index (χ4n) is 1.40. The van der Waals surface area contributed by atoms with Gasteiger partial charge in [0.15, 0.2) is 0 Å². The zero-order valence-electron chi connectivity index (χ0n) is 10.3. The Kier molecular flexibility index (Phi) is 4.40. The van der Waals surface area contributed by atoms with E-state index in [4.69, 9.17) is 9.47 Å². The Balaban J connectivity index is 3.07. The standard InChI is InChI=1S/C8H10N4O8/c1-3(13)19-6-7(20-4(2)14)10-5(9-6)8(11(15)16)12(17)18/h6-7,9-10H,1-2H3/t6-,7+. The van der Waals surface area contributed by atoms with Gasteiger partial charge in [0, 0.05) is 13.8 Å². The van der Waals surface area contributed by atoms with E-state index in [9.17, 15) is 29.8 Å². The summed E-state index contributed by atoms with van der Waals surface area (Å²) in [5.74, 6) is -3.56. The molecule has 1 heterocycles. The van der Waals surface area contributed by atoms with E-state index in [-0.39, 0.29) is 0 Å². The molecule has 0 aromatic rings. The highest BCUT2D eigenvalue weighted by atomic mass is 16.7. The highest BCUT2D eigenvalue weighted by molar-refractivity contribution is 5.67. The fourth-order valence-corrected chi connectivity index (χ4v) is 1.40. The molecule has 1 fully saturated rings. The van der Waals surface area contributed by atoms with Gasteiger partial charge in [0.25, 0.3) is 5.82 Å². The molecule has 0 bridgehead atoms. The van der Waals surface area contributed by atoms with Gasteiger partial charge in [-0.3, -0.25) is 29.8 Å². The van der Waals surface area contributed by atoms with Gasteiger partial charge in [0.1, 0.15) is 9.85 Å². The Hall–Kier alpha value is -2.92. The third kappa shape index (κ3) is 3.54. The summed E-state index contributed by atoms with van der Waals surface area (Å²) in [5.41, 5.74) is 0. The minimum absolute atomic E-state index is 0.627. The predicted molar refractivity (Wildman–Crippen MR) is 58.4 cm³/mol. The fraction of sp³-hybridized carbons (Fsp3) is 0.500. The first-order valence-corrected chi connectivity index (χ1v) is 5.13. The van der Waals surface area contributed by atoms with E-state index in [2.05, 4.69) is 10.6 Å². The van der Waals surface area contributed by atoms with E-state index < -0.39 is 45.9 Å². The Labute approximate surface area is 111 Å². The maximum Gasteiger partial charge on any atom is 0.599 e. The number of ether oxygens (including phenoxy) is 2. The lowest BCUT2D eigenvalue weighted by atomic mass is 10.5. The third-order valence-corrected chi connectivity index (χ3v) is 2.00. The molecule has 0 amide bonds. The summed E-state index contributed by atoms with van der Waals surface area (Å²) in [6, 6.07) is 0. The van der Waals surface area contributed by atoms with E-state index in [0.29, 0.717) is 0 Å². The SMILES string of the molecule is CC(=O)O[C@H]1NC(=C([N+](=O)[O-])[N+](=O)[O-])N[C@H]1OC(C)=O. The molecule has 0 saturated carbocycles. The second-order valence-electron chi connectivity index (χ2n) is 3.56. The first-order valence-electron chi connectivity index (χ1n) is 5.13. The lowest BCUT2D eigenvalue weighted by Crippen LogP contribution is -2.40. The Bertz CT molecular complexity index is 459. The quantitative estimate of drug-likeness (QED) is 0.359. The van der Waals surface area contributed by atoms with Crippen LogP contribution in [0.4, 0.5) is 0 Å². The van der Waals surface area contributed by atoms with Crippen LogP contribution >= 0.6 is 0 Å². The number of carbonyl (C=O) groups excluding carboxylic acids is 2. The second-order valence-corrected chi connectivity index (χ2v) is 3.56. The maximum atomic E-state index is 10.9. The lowest BCUT2D eigenvalue weighted by Gasteiger charge is -2.17. The van der Waals surface area contributed by atoms with Crippen LogP contribution in [-0.4, -0.2) is 34.2 Å². The molecular weight excluding hydrogens is 280 g/mol. The highest BCUT2D eigenvalue weighted by Gasteiger charge is 2.44. The number of esters is 2. The number of nitrogens with zero attached hydrogens (tertiary/aromatic N) is 2. The summed E-state index contributed by atoms with van der Waals surface area (Å²) in [7, 11) is 0. The number of carbonyl (C=O) groups is 2. The van der Waals surface area contributed by atoms with E-state index in [1.165, 1.54) is 0 Å². The van der Waals surface area contributed by atoms with Crippen LogP contribution in [0.2, 0.25) is 0 Å². The topological polar surface area (TPSA) is 163 Å². The molecule has 1 aliphatic heterocycles. The molecule has 1 rings (SSSR count). The average Bonchev–Trinajstić information content (AvgIpc) is 2.57. The van der Waals surface area contributed by atoms with E-state index in [0.717, 1.165) is 13.8 Å². The number of nitro groups is 2. The number of rotatable bonds is 4. The normalized spacial score (nSPS) is 20.4. The lowest BCUT2D eigenvalue weighted by molar-refractivity contribution is -0.618. The van der Waals surface area contributed by atoms with Gasteiger partial charge in [-0.05, 0) is 0 Å². The summed E-state index contributed by atoms with van der Waals surface area (Å²) in [5, 5.41) is 25.6. The van der Waals surface area contributed by atoms with Crippen molar-refractivity contribution in [1.29, 1.82) is 0 Å². The monoisotopic (exact) mass is 290 g/mol. The summed E-state index contributed by atoms with van der Waals surface area (Å²) < 4.78 is 9.39. The van der Waals surface area contributed by atoms with Crippen molar-refractivity contribution in [3.05, 3.63) is 31.9 Å². The molecule has 0 aromatic carbocycles. The van der Waals surface area contributed by atoms with Crippen LogP contribution in [-0.2, 0) is 19.1 Å². The molecular formula is C8H10N4O8. The van der Waals surface area contributed by atoms with E-state index >= 15 is 0 Å². The zero-order valence-corrected chi connectivity index (χ0v) is 10.3. The minimum atomic E-state index is -1.39. The van der Waals surface area contributed by atoms with Gasteiger partial charge in [-0.15, -0.1) is 0 Å². The van der Waals surface area contributed by atoms with Crippen molar-refractivity contribution in [2.24, 2.45) is 0 Å². The predicted octanol–water partition coefficient (Wildman–Crippen LogP) is -1.36. The minimum Gasteiger partial charge on any atom is -0.436 e. The van der Waals surface area contributed by atoms with Crippen LogP contribution in [0.25, 0.3) is 0 Å². The molecule has 0 unspecified atom stereocenters. The van der Waals surface area contributed by atoms with Crippen LogP contribution in [0.5, 0.6) is 0 Å². The Morgan fingerprint density at radius 1 is 1.00 bits per heavy atom. The van der Waals surface area contributed by atoms with Crippen molar-refractivity contribution in [2.75, 3.05) is 0 Å². The molecule has 0 spiro atoms. The average molecular weight is 290 g/mol. The van der Waals surface area contributed by atoms with Crippen LogP contribution in [0.3, 0.4) is 0 Å². The van der Waals surface area contributed by atoms with Crippen LogP contribution in [0.1, 0.15) is 13.8 Å². The largest absolute Gasteiger partial charge is 0.599 e. The molecule has 20 heavy (non-hydrogen) atoms. The molecule has 1 saturated heterocycles. The van der Waals surface area contributed by atoms with E-state index in [1.54, 1.807) is 0 Å². The number of hydrogen-bond donors (Lipinski definition) is 2. The van der Waals surface area contributed by atoms with Crippen molar-refractivity contribution >= 4 is 11.9 Å². The molecule has 0 radical (unpaired) electrons. The van der Waals surface area contributed by atoms with Gasteiger partial charge in [-0.25, -0.2) is 0 Å². The van der Waals surface area contributed by atoms with Crippen LogP contribution in [0.15, 0.2) is 11.6 Å². The van der Waals surface area contributed by atoms with Crippen molar-refractivity contribution in [3.8, 4) is 0 Å². The smallest absolute Gasteiger partial charge is 0.436 e. The van der Waals surface area contributed by atoms with Crippen molar-refractivity contribution in [3.63, 3.8) is 0 Å². The second kappa shape index (κ2) is 5.81. The molecule has 12 heteroatoms. The summed E-state index contributed by atoms with van der Waals surface area (Å²) in [4.78, 5) is 40.4. The Morgan fingerprint density at radius 2 is 1.35 bits per heavy atom. The van der Waals surface area contributed by atoms with Gasteiger partial charge >= 0.3 is 17.8 Å². The highest BCUT2D eigenvalue weighted by Crippen LogP contribution is 2.14. The van der Waals surface area contributed by atoms with Crippen molar-refractivity contribution in [2.45, 2.75) is 26.3 Å². The molecule has 12 nitrogen and oxygen atoms in total. The van der Waals surface area contributed by atoms with Crippen molar-refractivity contribution in [1.82, 2.24) is 10.6 Å². The van der Waals surface area contributed by atoms with Gasteiger partial charge in [-0.1, -0.05) is 0 Å². The maximum absolute atomic E-state index is 10.9. The summed E-state index contributed by atoms with van der Waals surface area (Å²) in [6.45, 7) is 2.10. The number of nitrogens with one attached hydrogen (secondary N) is 2. The molecule has 0 aromatic heterocycles. The number of hydrogen-bond acceptors (Lipinski definition) is 10. The van der Waals surface area contributed by atoms with E-state index in [1.807, 2.05) is 0 Å². The van der Waals surface area contributed by atoms with Gasteiger partial charge in [0.05, 0.1) is 0 Å². The third-order valence-electron chi connectivity index (χ3n) is 2.00. The van der Waals surface area contributed by atoms with Crippen molar-refractivity contribution < 1.29 is 28.9 Å². The zero-order chi connectivity index (χ0) is 15.4. The first-order chi connectivity index (χ1) is 9.22. The molecule has 110 valence electrons. The summed E-state index contributed by atoms with van der Waals surface area (Å²) in [6.07, 6.45) is -2.64. The van der Waals surface area contributed by atoms with Crippen LogP contribution in [0, 0.1) is 20.2 Å². The van der Waals surface area contributed by atoms with Gasteiger partial charge < -0.3 is 20.1 Å². The first kappa shape index (κ1) is 15.1. The van der Waals surface area contributed by atoms with Gasteiger partial charge in [0.2, 0.25) is 12.5 Å². The summed E-state index contributed by atoms with van der Waals surface area (Å²) >= 11 is 0. The van der Waals surface area contributed by atoms with Gasteiger partial charge in [-0.2, -0.15) is 0 Å². The Morgan fingerprint density at radius 3 is 1.60 bits per heavy atom. The van der Waals surface area contributed by atoms with Crippen LogP contribution < -0.4 is 10.6 Å².